The molecule has 2 unspecified atom stereocenters. The van der Waals surface area contributed by atoms with Crippen molar-refractivity contribution in [3.8, 4) is 0 Å². The molecular formula is C22H19NO4. The third-order valence-corrected chi connectivity index (χ3v) is 5.15. The SMILES string of the molecule is CCN1c2cccc(C(=O)O)c2C(=O)C(c2ccoc2)C1c1ccccc1. The molecule has 4 rings (SSSR count). The molecular weight excluding hydrogens is 342 g/mol. The van der Waals surface area contributed by atoms with Crippen LogP contribution in [0, 0.1) is 0 Å². The smallest absolute Gasteiger partial charge is 0.336 e. The van der Waals surface area contributed by atoms with Crippen molar-refractivity contribution in [2.45, 2.75) is 18.9 Å². The molecule has 3 aromatic rings. The first-order chi connectivity index (χ1) is 13.1. The summed E-state index contributed by atoms with van der Waals surface area (Å²) < 4.78 is 5.25. The average Bonchev–Trinajstić information content (AvgIpc) is 3.22. The lowest BCUT2D eigenvalue weighted by Gasteiger charge is -2.43. The summed E-state index contributed by atoms with van der Waals surface area (Å²) in [5, 5.41) is 9.63. The number of furan rings is 1. The molecule has 0 bridgehead atoms. The molecule has 136 valence electrons. The molecule has 2 atom stereocenters. The van der Waals surface area contributed by atoms with Crippen LogP contribution in [0.15, 0.2) is 71.5 Å². The van der Waals surface area contributed by atoms with Gasteiger partial charge in [0.05, 0.1) is 35.6 Å². The highest BCUT2D eigenvalue weighted by atomic mass is 16.4. The number of hydrogen-bond acceptors (Lipinski definition) is 4. The van der Waals surface area contributed by atoms with E-state index >= 15 is 0 Å². The topological polar surface area (TPSA) is 70.8 Å². The number of hydrogen-bond donors (Lipinski definition) is 1. The van der Waals surface area contributed by atoms with Gasteiger partial charge in [0, 0.05) is 17.8 Å². The number of carbonyl (C=O) groups excluding carboxylic acids is 1. The summed E-state index contributed by atoms with van der Waals surface area (Å²) >= 11 is 0. The van der Waals surface area contributed by atoms with Gasteiger partial charge in [-0.05, 0) is 30.7 Å². The Kier molecular flexibility index (Phi) is 4.28. The summed E-state index contributed by atoms with van der Waals surface area (Å²) in [7, 11) is 0. The zero-order valence-corrected chi connectivity index (χ0v) is 14.8. The molecule has 5 nitrogen and oxygen atoms in total. The van der Waals surface area contributed by atoms with E-state index in [4.69, 9.17) is 4.42 Å². The Morgan fingerprint density at radius 1 is 1.07 bits per heavy atom. The molecule has 1 aliphatic rings. The number of carbonyl (C=O) groups is 2. The van der Waals surface area contributed by atoms with Gasteiger partial charge in [0.15, 0.2) is 5.78 Å². The summed E-state index contributed by atoms with van der Waals surface area (Å²) in [5.74, 6) is -1.83. The van der Waals surface area contributed by atoms with E-state index in [0.29, 0.717) is 12.2 Å². The zero-order chi connectivity index (χ0) is 19.0. The highest BCUT2D eigenvalue weighted by Crippen LogP contribution is 2.47. The van der Waals surface area contributed by atoms with Gasteiger partial charge < -0.3 is 14.4 Å². The second-order valence-corrected chi connectivity index (χ2v) is 6.54. The van der Waals surface area contributed by atoms with E-state index in [2.05, 4.69) is 4.90 Å². The lowest BCUT2D eigenvalue weighted by atomic mass is 9.76. The first kappa shape index (κ1) is 17.1. The van der Waals surface area contributed by atoms with Gasteiger partial charge in [-0.25, -0.2) is 4.79 Å². The van der Waals surface area contributed by atoms with E-state index in [1.165, 1.54) is 6.07 Å². The molecule has 0 spiro atoms. The number of rotatable bonds is 4. The van der Waals surface area contributed by atoms with Crippen molar-refractivity contribution in [3.05, 3.63) is 89.4 Å². The van der Waals surface area contributed by atoms with Gasteiger partial charge >= 0.3 is 5.97 Å². The third kappa shape index (κ3) is 2.72. The van der Waals surface area contributed by atoms with Crippen molar-refractivity contribution in [3.63, 3.8) is 0 Å². The lowest BCUT2D eigenvalue weighted by molar-refractivity contribution is 0.0690. The predicted octanol–water partition coefficient (Wildman–Crippen LogP) is 4.53. The minimum atomic E-state index is -1.10. The fourth-order valence-corrected chi connectivity index (χ4v) is 4.02. The second-order valence-electron chi connectivity index (χ2n) is 6.54. The van der Waals surface area contributed by atoms with Crippen LogP contribution in [0.2, 0.25) is 0 Å². The number of carboxylic acid groups (broad SMARTS) is 1. The van der Waals surface area contributed by atoms with Crippen molar-refractivity contribution in [1.82, 2.24) is 0 Å². The standard InChI is InChI=1S/C22H19NO4/c1-2-23-17-10-6-9-16(22(25)26)19(17)21(24)18(15-11-12-27-13-15)20(23)14-7-4-3-5-8-14/h3-13,18,20H,2H2,1H3,(H,25,26). The maximum absolute atomic E-state index is 13.6. The largest absolute Gasteiger partial charge is 0.478 e. The fraction of sp³-hybridized carbons (Fsp3) is 0.182. The monoisotopic (exact) mass is 361 g/mol. The molecule has 2 heterocycles. The molecule has 0 amide bonds. The predicted molar refractivity (Wildman–Crippen MR) is 101 cm³/mol. The van der Waals surface area contributed by atoms with Crippen LogP contribution >= 0.6 is 0 Å². The summed E-state index contributed by atoms with van der Waals surface area (Å²) in [6.07, 6.45) is 3.11. The number of anilines is 1. The van der Waals surface area contributed by atoms with Crippen LogP contribution in [0.4, 0.5) is 5.69 Å². The van der Waals surface area contributed by atoms with Crippen molar-refractivity contribution in [2.75, 3.05) is 11.4 Å². The molecule has 27 heavy (non-hydrogen) atoms. The van der Waals surface area contributed by atoms with Crippen molar-refractivity contribution >= 4 is 17.4 Å². The van der Waals surface area contributed by atoms with Gasteiger partial charge in [-0.3, -0.25) is 4.79 Å². The first-order valence-electron chi connectivity index (χ1n) is 8.87. The van der Waals surface area contributed by atoms with Gasteiger partial charge in [0.25, 0.3) is 0 Å². The molecule has 0 radical (unpaired) electrons. The van der Waals surface area contributed by atoms with Crippen LogP contribution in [0.1, 0.15) is 50.7 Å². The molecule has 2 aromatic carbocycles. The van der Waals surface area contributed by atoms with Crippen LogP contribution in [0.3, 0.4) is 0 Å². The molecule has 5 heteroatoms. The van der Waals surface area contributed by atoms with Crippen LogP contribution in [0.25, 0.3) is 0 Å². The Labute approximate surface area is 156 Å². The van der Waals surface area contributed by atoms with Crippen LogP contribution in [-0.2, 0) is 0 Å². The van der Waals surface area contributed by atoms with E-state index in [-0.39, 0.29) is 23.0 Å². The summed E-state index contributed by atoms with van der Waals surface area (Å²) in [6.45, 7) is 2.65. The number of Topliss-reactive ketones (excluding diaryl/α,β-unsaturated/α-hetero) is 1. The Balaban J connectivity index is 1.99. The highest BCUT2D eigenvalue weighted by Gasteiger charge is 2.43. The number of ketones is 1. The Morgan fingerprint density at radius 3 is 2.48 bits per heavy atom. The minimum Gasteiger partial charge on any atom is -0.478 e. The first-order valence-corrected chi connectivity index (χ1v) is 8.87. The molecule has 0 saturated carbocycles. The van der Waals surface area contributed by atoms with Crippen molar-refractivity contribution in [2.24, 2.45) is 0 Å². The quantitative estimate of drug-likeness (QED) is 0.739. The Bertz CT molecular complexity index is 979. The molecule has 0 fully saturated rings. The van der Waals surface area contributed by atoms with Gasteiger partial charge in [0.1, 0.15) is 0 Å². The number of benzene rings is 2. The fourth-order valence-electron chi connectivity index (χ4n) is 4.02. The van der Waals surface area contributed by atoms with Crippen LogP contribution in [0.5, 0.6) is 0 Å². The molecule has 1 N–H and O–H groups in total. The molecule has 0 aliphatic carbocycles. The lowest BCUT2D eigenvalue weighted by Crippen LogP contribution is -2.41. The molecule has 0 saturated heterocycles. The normalized spacial score (nSPS) is 19.0. The van der Waals surface area contributed by atoms with Crippen molar-refractivity contribution < 1.29 is 19.1 Å². The van der Waals surface area contributed by atoms with Gasteiger partial charge in [-0.15, -0.1) is 0 Å². The molecule has 1 aromatic heterocycles. The van der Waals surface area contributed by atoms with Crippen LogP contribution in [-0.4, -0.2) is 23.4 Å². The summed E-state index contributed by atoms with van der Waals surface area (Å²) in [6, 6.07) is 16.4. The van der Waals surface area contributed by atoms with Crippen LogP contribution < -0.4 is 4.90 Å². The van der Waals surface area contributed by atoms with Gasteiger partial charge in [-0.1, -0.05) is 36.4 Å². The van der Waals surface area contributed by atoms with Crippen molar-refractivity contribution in [1.29, 1.82) is 0 Å². The average molecular weight is 361 g/mol. The maximum atomic E-state index is 13.6. The van der Waals surface area contributed by atoms with Gasteiger partial charge in [0.2, 0.25) is 0 Å². The summed E-state index contributed by atoms with van der Waals surface area (Å²) in [4.78, 5) is 27.4. The minimum absolute atomic E-state index is 0.0379. The van der Waals surface area contributed by atoms with Gasteiger partial charge in [-0.2, -0.15) is 0 Å². The Morgan fingerprint density at radius 2 is 1.85 bits per heavy atom. The van der Waals surface area contributed by atoms with E-state index < -0.39 is 11.9 Å². The number of likely N-dealkylation sites (N-methyl/N-ethyl adjacent to an activating group) is 1. The van der Waals surface area contributed by atoms with E-state index in [0.717, 1.165) is 11.1 Å². The zero-order valence-electron chi connectivity index (χ0n) is 14.8. The Hall–Kier alpha value is -3.34. The third-order valence-electron chi connectivity index (χ3n) is 5.15. The highest BCUT2D eigenvalue weighted by molar-refractivity contribution is 6.14. The van der Waals surface area contributed by atoms with E-state index in [1.54, 1.807) is 24.7 Å². The van der Waals surface area contributed by atoms with E-state index in [1.807, 2.05) is 43.3 Å². The number of nitrogens with zero attached hydrogens (tertiary/aromatic N) is 1. The second kappa shape index (κ2) is 6.76. The number of fused-ring (bicyclic) bond motifs is 1. The maximum Gasteiger partial charge on any atom is 0.336 e. The number of aromatic carboxylic acids is 1. The number of carboxylic acids is 1. The summed E-state index contributed by atoms with van der Waals surface area (Å²) in [5.41, 5.74) is 2.72. The molecule has 1 aliphatic heterocycles. The van der Waals surface area contributed by atoms with E-state index in [9.17, 15) is 14.7 Å².